The molecule has 232 valence electrons. The molecule has 1 heterocycles. The smallest absolute Gasteiger partial charge is 0.239 e. The number of carbonyl (C=O) groups excluding carboxylic acids is 2. The number of rotatable bonds is 9. The average Bonchev–Trinajstić information content (AvgIpc) is 3.10. The number of allylic oxidation sites excluding steroid dienone is 1. The van der Waals surface area contributed by atoms with Gasteiger partial charge in [-0.1, -0.05) is 50.2 Å². The fourth-order valence-corrected chi connectivity index (χ4v) is 6.60. The first-order valence-electron chi connectivity index (χ1n) is 14.4. The zero-order valence-corrected chi connectivity index (χ0v) is 26.2. The van der Waals surface area contributed by atoms with E-state index in [9.17, 15) is 18.0 Å². The fourth-order valence-electron chi connectivity index (χ4n) is 6.08. The molecule has 0 spiro atoms. The molecule has 0 saturated carbocycles. The van der Waals surface area contributed by atoms with Gasteiger partial charge in [-0.25, -0.2) is 13.6 Å². The van der Waals surface area contributed by atoms with Crippen molar-refractivity contribution in [3.05, 3.63) is 89.1 Å². The molecule has 1 atom stereocenters. The van der Waals surface area contributed by atoms with Crippen LogP contribution in [0.5, 0.6) is 11.5 Å². The highest BCUT2D eigenvalue weighted by molar-refractivity contribution is 7.89. The Balaban J connectivity index is 1.51. The van der Waals surface area contributed by atoms with Gasteiger partial charge in [-0.3, -0.25) is 9.59 Å². The number of hydrogen-bond donors (Lipinski definition) is 3. The summed E-state index contributed by atoms with van der Waals surface area (Å²) >= 11 is 0. The van der Waals surface area contributed by atoms with Gasteiger partial charge < -0.3 is 25.0 Å². The minimum atomic E-state index is -3.78. The predicted molar refractivity (Wildman–Crippen MR) is 169 cm³/mol. The highest BCUT2D eigenvalue weighted by Crippen LogP contribution is 2.50. The Morgan fingerprint density at radius 2 is 1.75 bits per heavy atom. The maximum absolute atomic E-state index is 14.0. The van der Waals surface area contributed by atoms with Crippen LogP contribution < -0.4 is 30.1 Å². The van der Waals surface area contributed by atoms with Crippen molar-refractivity contribution in [1.29, 1.82) is 0 Å². The van der Waals surface area contributed by atoms with E-state index in [-0.39, 0.29) is 28.5 Å². The molecule has 3 aromatic carbocycles. The number of Topliss-reactive ketones (excluding diaryl/α,β-unsaturated/α-hetero) is 1. The molecule has 0 bridgehead atoms. The summed E-state index contributed by atoms with van der Waals surface area (Å²) in [5.74, 6) is 0.802. The number of carbonyl (C=O) groups is 2. The molecule has 3 aromatic rings. The molecule has 1 aliphatic heterocycles. The van der Waals surface area contributed by atoms with Gasteiger partial charge in [0.2, 0.25) is 15.9 Å². The lowest BCUT2D eigenvalue weighted by Gasteiger charge is -2.38. The summed E-state index contributed by atoms with van der Waals surface area (Å²) in [7, 11) is -0.644. The zero-order chi connectivity index (χ0) is 31.6. The SMILES string of the molecule is COc1cccc(C2C3=C(CC(C)(C)CC3=O)Nc3ccccc3N2CC(=O)NCCc2ccc(S(N)(=O)=O)cc2)c1OC. The van der Waals surface area contributed by atoms with Crippen LogP contribution >= 0.6 is 0 Å². The number of ketones is 1. The van der Waals surface area contributed by atoms with Crippen LogP contribution in [0.3, 0.4) is 0 Å². The molecule has 10 nitrogen and oxygen atoms in total. The number of nitrogens with two attached hydrogens (primary N) is 1. The average molecular weight is 619 g/mol. The third kappa shape index (κ3) is 6.44. The molecule has 0 radical (unpaired) electrons. The van der Waals surface area contributed by atoms with E-state index in [2.05, 4.69) is 24.5 Å². The van der Waals surface area contributed by atoms with Crippen LogP contribution in [-0.4, -0.2) is 47.4 Å². The summed E-state index contributed by atoms with van der Waals surface area (Å²) in [6.07, 6.45) is 1.52. The van der Waals surface area contributed by atoms with Crippen molar-refractivity contribution >= 4 is 33.1 Å². The van der Waals surface area contributed by atoms with Crippen LogP contribution in [0.2, 0.25) is 0 Å². The van der Waals surface area contributed by atoms with E-state index in [1.54, 1.807) is 32.4 Å². The predicted octanol–water partition coefficient (Wildman–Crippen LogP) is 4.33. The molecule has 1 amide bonds. The number of anilines is 2. The van der Waals surface area contributed by atoms with Crippen molar-refractivity contribution in [1.82, 2.24) is 5.32 Å². The summed E-state index contributed by atoms with van der Waals surface area (Å²) in [4.78, 5) is 29.6. The van der Waals surface area contributed by atoms with Gasteiger partial charge in [-0.15, -0.1) is 0 Å². The van der Waals surface area contributed by atoms with Gasteiger partial charge >= 0.3 is 0 Å². The number of nitrogens with one attached hydrogen (secondary N) is 2. The molecule has 11 heteroatoms. The molecular weight excluding hydrogens is 580 g/mol. The second-order valence-electron chi connectivity index (χ2n) is 11.9. The first-order valence-corrected chi connectivity index (χ1v) is 15.9. The Bertz CT molecular complexity index is 1720. The van der Waals surface area contributed by atoms with E-state index < -0.39 is 16.1 Å². The van der Waals surface area contributed by atoms with Crippen LogP contribution in [0.1, 0.15) is 43.9 Å². The maximum atomic E-state index is 14.0. The molecule has 1 unspecified atom stereocenters. The van der Waals surface area contributed by atoms with E-state index in [4.69, 9.17) is 14.6 Å². The number of nitrogens with zero attached hydrogens (tertiary/aromatic N) is 1. The standard InChI is InChI=1S/C33H38N4O6S/c1-33(2)18-25-30(27(38)19-33)31(23-8-7-11-28(42-3)32(23)43-4)37(26-10-6-5-9-24(26)36-25)20-29(39)35-17-16-21-12-14-22(15-13-21)44(34,40)41/h5-15,31,36H,16-20H2,1-4H3,(H,35,39)(H2,34,40,41). The van der Waals surface area contributed by atoms with Crippen molar-refractivity contribution in [2.75, 3.05) is 37.5 Å². The molecule has 5 rings (SSSR count). The third-order valence-electron chi connectivity index (χ3n) is 8.03. The van der Waals surface area contributed by atoms with Crippen LogP contribution in [-0.2, 0) is 26.0 Å². The number of sulfonamides is 1. The number of primary sulfonamides is 1. The Morgan fingerprint density at radius 3 is 2.43 bits per heavy atom. The molecule has 2 aliphatic rings. The Morgan fingerprint density at radius 1 is 1.02 bits per heavy atom. The lowest BCUT2D eigenvalue weighted by molar-refractivity contribution is -0.120. The molecule has 44 heavy (non-hydrogen) atoms. The van der Waals surface area contributed by atoms with Gasteiger partial charge in [-0.05, 0) is 54.2 Å². The lowest BCUT2D eigenvalue weighted by atomic mass is 9.73. The highest BCUT2D eigenvalue weighted by Gasteiger charge is 2.43. The number of fused-ring (bicyclic) bond motifs is 1. The minimum Gasteiger partial charge on any atom is -0.493 e. The largest absolute Gasteiger partial charge is 0.493 e. The molecule has 4 N–H and O–H groups in total. The summed E-state index contributed by atoms with van der Waals surface area (Å²) in [5.41, 5.74) is 4.35. The van der Waals surface area contributed by atoms with Crippen LogP contribution in [0.4, 0.5) is 11.4 Å². The fraction of sp³-hybridized carbons (Fsp3) is 0.333. The van der Waals surface area contributed by atoms with Gasteiger partial charge in [0, 0.05) is 29.8 Å². The number of ether oxygens (including phenoxy) is 2. The van der Waals surface area contributed by atoms with Crippen molar-refractivity contribution in [3.63, 3.8) is 0 Å². The summed E-state index contributed by atoms with van der Waals surface area (Å²) in [6.45, 7) is 4.46. The first kappa shape index (κ1) is 31.1. The normalized spacial score (nSPS) is 17.6. The van der Waals surface area contributed by atoms with Crippen molar-refractivity contribution in [2.45, 2.75) is 44.0 Å². The van der Waals surface area contributed by atoms with Crippen molar-refractivity contribution in [3.8, 4) is 11.5 Å². The van der Waals surface area contributed by atoms with E-state index in [1.807, 2.05) is 41.3 Å². The number of methoxy groups -OCH3 is 2. The van der Waals surface area contributed by atoms with E-state index in [0.717, 1.165) is 22.6 Å². The van der Waals surface area contributed by atoms with Crippen LogP contribution in [0.25, 0.3) is 0 Å². The second-order valence-corrected chi connectivity index (χ2v) is 13.4. The second kappa shape index (κ2) is 12.3. The first-order chi connectivity index (χ1) is 20.9. The Kier molecular flexibility index (Phi) is 8.71. The Labute approximate surface area is 258 Å². The van der Waals surface area contributed by atoms with Crippen molar-refractivity contribution < 1.29 is 27.5 Å². The molecule has 1 aliphatic carbocycles. The molecule has 0 aromatic heterocycles. The van der Waals surface area contributed by atoms with Gasteiger partial charge in [-0.2, -0.15) is 0 Å². The Hall–Kier alpha value is -4.35. The quantitative estimate of drug-likeness (QED) is 0.322. The molecule has 0 saturated heterocycles. The monoisotopic (exact) mass is 618 g/mol. The van der Waals surface area contributed by atoms with Gasteiger partial charge in [0.15, 0.2) is 17.3 Å². The van der Waals surface area contributed by atoms with Gasteiger partial charge in [0.1, 0.15) is 0 Å². The van der Waals surface area contributed by atoms with Crippen LogP contribution in [0.15, 0.2) is 82.9 Å². The summed E-state index contributed by atoms with van der Waals surface area (Å²) in [6, 6.07) is 18.9. The van der Waals surface area contributed by atoms with Crippen LogP contribution in [0, 0.1) is 5.41 Å². The third-order valence-corrected chi connectivity index (χ3v) is 8.96. The van der Waals surface area contributed by atoms with Gasteiger partial charge in [0.25, 0.3) is 0 Å². The number of amides is 1. The van der Waals surface area contributed by atoms with E-state index in [1.165, 1.54) is 12.1 Å². The van der Waals surface area contributed by atoms with E-state index >= 15 is 0 Å². The van der Waals surface area contributed by atoms with E-state index in [0.29, 0.717) is 48.4 Å². The summed E-state index contributed by atoms with van der Waals surface area (Å²) in [5, 5.41) is 11.7. The lowest BCUT2D eigenvalue weighted by Crippen LogP contribution is -2.42. The maximum Gasteiger partial charge on any atom is 0.239 e. The minimum absolute atomic E-state index is 0.0137. The summed E-state index contributed by atoms with van der Waals surface area (Å²) < 4.78 is 34.6. The molecule has 0 fully saturated rings. The number of hydrogen-bond acceptors (Lipinski definition) is 8. The van der Waals surface area contributed by atoms with Gasteiger partial charge in [0.05, 0.1) is 43.1 Å². The number of para-hydroxylation sites is 3. The molecular formula is C33H38N4O6S. The van der Waals surface area contributed by atoms with Crippen molar-refractivity contribution in [2.24, 2.45) is 10.6 Å². The highest BCUT2D eigenvalue weighted by atomic mass is 32.2. The zero-order valence-electron chi connectivity index (χ0n) is 25.3. The topological polar surface area (TPSA) is 140 Å². The number of benzene rings is 3.